The number of likely N-dealkylation sites (N-methyl/N-ethyl adjacent to an activating group) is 1. The molecule has 14 heavy (non-hydrogen) atoms. The van der Waals surface area contributed by atoms with E-state index in [1.54, 1.807) is 0 Å². The Morgan fingerprint density at radius 3 is 2.36 bits per heavy atom. The minimum absolute atomic E-state index is 0.00583. The SMILES string of the molecule is CC[C@](C)(O)[C@H](NC)c1ccccc1. The zero-order chi connectivity index (χ0) is 10.6. The third kappa shape index (κ3) is 2.34. The van der Waals surface area contributed by atoms with Crippen LogP contribution in [0.25, 0.3) is 0 Å². The molecule has 0 aliphatic rings. The lowest BCUT2D eigenvalue weighted by atomic mass is 9.88. The molecule has 0 fully saturated rings. The molecule has 2 atom stereocenters. The van der Waals surface area contributed by atoms with Gasteiger partial charge in [0.15, 0.2) is 0 Å². The topological polar surface area (TPSA) is 32.3 Å². The van der Waals surface area contributed by atoms with Crippen LogP contribution in [-0.4, -0.2) is 17.8 Å². The number of hydrogen-bond acceptors (Lipinski definition) is 2. The van der Waals surface area contributed by atoms with Crippen molar-refractivity contribution in [1.29, 1.82) is 0 Å². The minimum Gasteiger partial charge on any atom is -0.388 e. The van der Waals surface area contributed by atoms with E-state index in [0.717, 1.165) is 12.0 Å². The molecule has 2 N–H and O–H groups in total. The summed E-state index contributed by atoms with van der Waals surface area (Å²) in [4.78, 5) is 0. The Balaban J connectivity index is 2.93. The summed E-state index contributed by atoms with van der Waals surface area (Å²) in [6.07, 6.45) is 0.730. The smallest absolute Gasteiger partial charge is 0.0810 e. The van der Waals surface area contributed by atoms with Gasteiger partial charge in [-0.2, -0.15) is 0 Å². The van der Waals surface area contributed by atoms with E-state index in [-0.39, 0.29) is 6.04 Å². The third-order valence-electron chi connectivity index (χ3n) is 2.76. The van der Waals surface area contributed by atoms with E-state index in [2.05, 4.69) is 5.32 Å². The zero-order valence-corrected chi connectivity index (χ0v) is 9.12. The van der Waals surface area contributed by atoms with Crippen molar-refractivity contribution in [1.82, 2.24) is 5.32 Å². The van der Waals surface area contributed by atoms with Crippen LogP contribution >= 0.6 is 0 Å². The molecule has 0 spiro atoms. The van der Waals surface area contributed by atoms with E-state index >= 15 is 0 Å². The van der Waals surface area contributed by atoms with Gasteiger partial charge in [-0.3, -0.25) is 0 Å². The van der Waals surface area contributed by atoms with Crippen LogP contribution in [0.3, 0.4) is 0 Å². The van der Waals surface area contributed by atoms with E-state index in [9.17, 15) is 5.11 Å². The van der Waals surface area contributed by atoms with Crippen molar-refractivity contribution in [3.63, 3.8) is 0 Å². The van der Waals surface area contributed by atoms with E-state index in [1.807, 2.05) is 51.2 Å². The van der Waals surface area contributed by atoms with E-state index in [0.29, 0.717) is 0 Å². The number of nitrogens with one attached hydrogen (secondary N) is 1. The van der Waals surface area contributed by atoms with Gasteiger partial charge in [0.2, 0.25) is 0 Å². The van der Waals surface area contributed by atoms with Crippen LogP contribution in [0.2, 0.25) is 0 Å². The summed E-state index contributed by atoms with van der Waals surface area (Å²) in [5.41, 5.74) is 0.428. The maximum atomic E-state index is 10.2. The van der Waals surface area contributed by atoms with Crippen LogP contribution in [0.5, 0.6) is 0 Å². The highest BCUT2D eigenvalue weighted by Crippen LogP contribution is 2.27. The van der Waals surface area contributed by atoms with Crippen LogP contribution in [0.15, 0.2) is 30.3 Å². The number of rotatable bonds is 4. The molecule has 0 saturated heterocycles. The number of aliphatic hydroxyl groups is 1. The second-order valence-corrected chi connectivity index (χ2v) is 3.84. The number of hydrogen-bond donors (Lipinski definition) is 2. The zero-order valence-electron chi connectivity index (χ0n) is 9.12. The molecule has 0 amide bonds. The molecule has 78 valence electrons. The molecule has 1 rings (SSSR count). The third-order valence-corrected chi connectivity index (χ3v) is 2.76. The average Bonchev–Trinajstić information content (AvgIpc) is 2.20. The highest BCUT2D eigenvalue weighted by atomic mass is 16.3. The van der Waals surface area contributed by atoms with Gasteiger partial charge in [-0.05, 0) is 26.0 Å². The average molecular weight is 193 g/mol. The Kier molecular flexibility index (Phi) is 3.67. The molecule has 0 aromatic heterocycles. The Morgan fingerprint density at radius 2 is 1.93 bits per heavy atom. The number of benzene rings is 1. The molecule has 2 nitrogen and oxygen atoms in total. The van der Waals surface area contributed by atoms with Gasteiger partial charge in [-0.25, -0.2) is 0 Å². The fourth-order valence-electron chi connectivity index (χ4n) is 1.69. The fourth-order valence-corrected chi connectivity index (χ4v) is 1.69. The van der Waals surface area contributed by atoms with E-state index < -0.39 is 5.60 Å². The van der Waals surface area contributed by atoms with Gasteiger partial charge in [0, 0.05) is 0 Å². The van der Waals surface area contributed by atoms with Crippen LogP contribution in [0.1, 0.15) is 31.9 Å². The van der Waals surface area contributed by atoms with Crippen molar-refractivity contribution in [2.24, 2.45) is 0 Å². The minimum atomic E-state index is -0.698. The quantitative estimate of drug-likeness (QED) is 0.767. The lowest BCUT2D eigenvalue weighted by Gasteiger charge is -2.32. The first-order valence-corrected chi connectivity index (χ1v) is 5.06. The highest BCUT2D eigenvalue weighted by molar-refractivity contribution is 5.21. The fraction of sp³-hybridized carbons (Fsp3) is 0.500. The predicted molar refractivity (Wildman–Crippen MR) is 59.2 cm³/mol. The lowest BCUT2D eigenvalue weighted by Crippen LogP contribution is -2.39. The van der Waals surface area contributed by atoms with E-state index in [4.69, 9.17) is 0 Å². The molecule has 0 aliphatic carbocycles. The first-order valence-electron chi connectivity index (χ1n) is 5.06. The summed E-state index contributed by atoms with van der Waals surface area (Å²) in [5.74, 6) is 0. The molecule has 0 saturated carbocycles. The van der Waals surface area contributed by atoms with Gasteiger partial charge in [-0.1, -0.05) is 37.3 Å². The summed E-state index contributed by atoms with van der Waals surface area (Å²) in [6.45, 7) is 3.86. The Labute approximate surface area is 86.0 Å². The molecule has 0 heterocycles. The van der Waals surface area contributed by atoms with Gasteiger partial charge in [-0.15, -0.1) is 0 Å². The molecule has 0 unspecified atom stereocenters. The summed E-state index contributed by atoms with van der Waals surface area (Å²) in [5, 5.41) is 13.3. The molecule has 0 aliphatic heterocycles. The van der Waals surface area contributed by atoms with Crippen molar-refractivity contribution in [3.8, 4) is 0 Å². The van der Waals surface area contributed by atoms with Crippen LogP contribution in [0.4, 0.5) is 0 Å². The normalized spacial score (nSPS) is 17.4. The summed E-state index contributed by atoms with van der Waals surface area (Å²) in [7, 11) is 1.88. The molecule has 1 aromatic rings. The highest BCUT2D eigenvalue weighted by Gasteiger charge is 2.29. The van der Waals surface area contributed by atoms with Crippen molar-refractivity contribution in [2.75, 3.05) is 7.05 Å². The molecule has 0 bridgehead atoms. The maximum Gasteiger partial charge on any atom is 0.0810 e. The van der Waals surface area contributed by atoms with Crippen LogP contribution in [0, 0.1) is 0 Å². The van der Waals surface area contributed by atoms with Gasteiger partial charge in [0.05, 0.1) is 11.6 Å². The van der Waals surface area contributed by atoms with E-state index in [1.165, 1.54) is 0 Å². The predicted octanol–water partition coefficient (Wildman–Crippen LogP) is 2.11. The molecule has 0 radical (unpaired) electrons. The molecule has 1 aromatic carbocycles. The van der Waals surface area contributed by atoms with Crippen LogP contribution < -0.4 is 5.32 Å². The van der Waals surface area contributed by atoms with Crippen molar-refractivity contribution < 1.29 is 5.11 Å². The van der Waals surface area contributed by atoms with Crippen molar-refractivity contribution in [3.05, 3.63) is 35.9 Å². The lowest BCUT2D eigenvalue weighted by molar-refractivity contribution is 0.0174. The standard InChI is InChI=1S/C12H19NO/c1-4-12(2,14)11(13-3)10-8-6-5-7-9-10/h5-9,11,13-14H,4H2,1-3H3/t11-,12+/m1/s1. The Bertz CT molecular complexity index is 269. The largest absolute Gasteiger partial charge is 0.388 e. The van der Waals surface area contributed by atoms with Crippen molar-refractivity contribution >= 4 is 0 Å². The Morgan fingerprint density at radius 1 is 1.36 bits per heavy atom. The maximum absolute atomic E-state index is 10.2. The molecular weight excluding hydrogens is 174 g/mol. The second kappa shape index (κ2) is 4.58. The molecular formula is C12H19NO. The van der Waals surface area contributed by atoms with Gasteiger partial charge in [0.25, 0.3) is 0 Å². The summed E-state index contributed by atoms with van der Waals surface area (Å²) >= 11 is 0. The summed E-state index contributed by atoms with van der Waals surface area (Å²) in [6, 6.07) is 10.0. The van der Waals surface area contributed by atoms with Crippen molar-refractivity contribution in [2.45, 2.75) is 31.9 Å². The van der Waals surface area contributed by atoms with Gasteiger partial charge in [0.1, 0.15) is 0 Å². The Hall–Kier alpha value is -0.860. The van der Waals surface area contributed by atoms with Gasteiger partial charge < -0.3 is 10.4 Å². The first-order chi connectivity index (χ1) is 6.61. The van der Waals surface area contributed by atoms with Crippen LogP contribution in [-0.2, 0) is 0 Å². The second-order valence-electron chi connectivity index (χ2n) is 3.84. The molecule has 2 heteroatoms. The summed E-state index contributed by atoms with van der Waals surface area (Å²) < 4.78 is 0. The first kappa shape index (κ1) is 11.2. The van der Waals surface area contributed by atoms with Gasteiger partial charge >= 0.3 is 0 Å². The monoisotopic (exact) mass is 193 g/mol.